The maximum Gasteiger partial charge on any atom is 0.418 e. The highest BCUT2D eigenvalue weighted by Gasteiger charge is 2.50. The SMILES string of the molecule is COCC1CCCN1Cc1cc(C(F)(F)F)c2cn(-c3cccc(C4(C(F)c5nncn5C)COC4)c3)c(=O)n2c1. The maximum absolute atomic E-state index is 15.9. The van der Waals surface area contributed by atoms with E-state index in [1.54, 1.807) is 38.4 Å². The lowest BCUT2D eigenvalue weighted by Crippen LogP contribution is -2.50. The molecular formula is C28H30F4N6O3. The van der Waals surface area contributed by atoms with Gasteiger partial charge in [0, 0.05) is 39.1 Å². The minimum Gasteiger partial charge on any atom is -0.383 e. The minimum absolute atomic E-state index is 0.0826. The largest absolute Gasteiger partial charge is 0.418 e. The van der Waals surface area contributed by atoms with Gasteiger partial charge in [0.2, 0.25) is 0 Å². The van der Waals surface area contributed by atoms with E-state index < -0.39 is 29.0 Å². The highest BCUT2D eigenvalue weighted by Crippen LogP contribution is 2.45. The number of pyridine rings is 1. The Morgan fingerprint density at radius 2 is 2.02 bits per heavy atom. The fourth-order valence-electron chi connectivity index (χ4n) is 5.98. The molecule has 0 saturated carbocycles. The number of likely N-dealkylation sites (tertiary alicyclic amines) is 1. The highest BCUT2D eigenvalue weighted by molar-refractivity contribution is 5.58. The van der Waals surface area contributed by atoms with Crippen molar-refractivity contribution in [1.82, 2.24) is 28.6 Å². The number of nitrogens with zero attached hydrogens (tertiary/aromatic N) is 6. The fourth-order valence-corrected chi connectivity index (χ4v) is 5.98. The van der Waals surface area contributed by atoms with Crippen LogP contribution in [0.4, 0.5) is 17.6 Å². The molecule has 1 aromatic carbocycles. The van der Waals surface area contributed by atoms with Crippen molar-refractivity contribution in [1.29, 1.82) is 0 Å². The van der Waals surface area contributed by atoms with Crippen LogP contribution in [0.1, 0.15) is 41.5 Å². The lowest BCUT2D eigenvalue weighted by Gasteiger charge is -2.43. The zero-order valence-electron chi connectivity index (χ0n) is 22.6. The number of imidazole rings is 1. The molecule has 13 heteroatoms. The standard InChI is InChI=1S/C28H30F4N6O3/c1-35-17-33-34-25(35)24(29)27(15-41-16-27)19-5-3-6-20(10-19)37-13-23-22(28(30,31)32)9-18(12-38(23)26(37)39)11-36-8-4-7-21(36)14-40-2/h3,5-6,9-10,12-13,17,21,24H,4,7-8,11,14-16H2,1-2H3. The van der Waals surface area contributed by atoms with Crippen LogP contribution in [0, 0.1) is 0 Å². The summed E-state index contributed by atoms with van der Waals surface area (Å²) < 4.78 is 73.0. The van der Waals surface area contributed by atoms with E-state index in [9.17, 15) is 18.0 Å². The van der Waals surface area contributed by atoms with Crippen LogP contribution in [0.5, 0.6) is 0 Å². The van der Waals surface area contributed by atoms with Gasteiger partial charge in [0.25, 0.3) is 0 Å². The second-order valence-electron chi connectivity index (χ2n) is 10.9. The Balaban J connectivity index is 1.41. The van der Waals surface area contributed by atoms with Gasteiger partial charge in [-0.25, -0.2) is 9.18 Å². The van der Waals surface area contributed by atoms with Crippen molar-refractivity contribution in [3.8, 4) is 5.69 Å². The second-order valence-corrected chi connectivity index (χ2v) is 10.9. The Morgan fingerprint density at radius 1 is 1.22 bits per heavy atom. The normalized spacial score (nSPS) is 20.0. The molecule has 2 unspecified atom stereocenters. The predicted molar refractivity (Wildman–Crippen MR) is 141 cm³/mol. The van der Waals surface area contributed by atoms with Gasteiger partial charge >= 0.3 is 11.9 Å². The first kappa shape index (κ1) is 27.6. The molecule has 0 N–H and O–H groups in total. The first-order valence-electron chi connectivity index (χ1n) is 13.4. The van der Waals surface area contributed by atoms with E-state index in [-0.39, 0.29) is 37.1 Å². The van der Waals surface area contributed by atoms with Crippen LogP contribution in [-0.2, 0) is 34.7 Å². The van der Waals surface area contributed by atoms with E-state index in [1.165, 1.54) is 27.9 Å². The van der Waals surface area contributed by atoms with Crippen molar-refractivity contribution < 1.29 is 27.0 Å². The molecule has 3 aromatic heterocycles. The lowest BCUT2D eigenvalue weighted by molar-refractivity contribution is -0.136. The zero-order valence-corrected chi connectivity index (χ0v) is 22.6. The number of fused-ring (bicyclic) bond motifs is 1. The average molecular weight is 575 g/mol. The summed E-state index contributed by atoms with van der Waals surface area (Å²) in [6.45, 7) is 1.66. The van der Waals surface area contributed by atoms with Gasteiger partial charge in [0.15, 0.2) is 12.0 Å². The van der Waals surface area contributed by atoms with Crippen LogP contribution in [0.15, 0.2) is 53.8 Å². The monoisotopic (exact) mass is 574 g/mol. The number of hydrogen-bond donors (Lipinski definition) is 0. The molecular weight excluding hydrogens is 544 g/mol. The number of halogens is 4. The number of rotatable bonds is 8. The van der Waals surface area contributed by atoms with E-state index >= 15 is 4.39 Å². The van der Waals surface area contributed by atoms with E-state index in [2.05, 4.69) is 15.1 Å². The molecule has 2 atom stereocenters. The number of ether oxygens (including phenoxy) is 2. The molecule has 0 amide bonds. The first-order valence-corrected chi connectivity index (χ1v) is 13.4. The number of benzene rings is 1. The van der Waals surface area contributed by atoms with Gasteiger partial charge in [0.05, 0.1) is 42.0 Å². The van der Waals surface area contributed by atoms with Crippen molar-refractivity contribution in [2.24, 2.45) is 7.05 Å². The molecule has 0 bridgehead atoms. The number of aromatic nitrogens is 5. The Labute approximate surface area is 232 Å². The Kier molecular flexibility index (Phi) is 6.99. The van der Waals surface area contributed by atoms with Crippen LogP contribution in [-0.4, -0.2) is 68.1 Å². The lowest BCUT2D eigenvalue weighted by atomic mass is 9.74. The summed E-state index contributed by atoms with van der Waals surface area (Å²) in [6, 6.07) is 7.84. The average Bonchev–Trinajstić information content (AvgIpc) is 3.62. The Bertz CT molecular complexity index is 1620. The number of hydrogen-bond acceptors (Lipinski definition) is 6. The van der Waals surface area contributed by atoms with E-state index in [4.69, 9.17) is 9.47 Å². The van der Waals surface area contributed by atoms with Crippen LogP contribution < -0.4 is 5.69 Å². The molecule has 2 aliphatic rings. The maximum atomic E-state index is 15.9. The molecule has 0 radical (unpaired) electrons. The van der Waals surface area contributed by atoms with Gasteiger partial charge in [-0.05, 0) is 48.7 Å². The molecule has 2 aliphatic heterocycles. The smallest absolute Gasteiger partial charge is 0.383 e. The molecule has 4 aromatic rings. The third kappa shape index (κ3) is 4.75. The number of aryl methyl sites for hydroxylation is 1. The molecule has 6 rings (SSSR count). The third-order valence-electron chi connectivity index (χ3n) is 8.25. The van der Waals surface area contributed by atoms with E-state index in [0.717, 1.165) is 29.9 Å². The summed E-state index contributed by atoms with van der Waals surface area (Å²) in [6.07, 6.45) is -0.319. The molecule has 2 saturated heterocycles. The Morgan fingerprint density at radius 3 is 2.68 bits per heavy atom. The molecule has 0 spiro atoms. The summed E-state index contributed by atoms with van der Waals surface area (Å²) in [5.74, 6) is 0.138. The van der Waals surface area contributed by atoms with Crippen LogP contribution in [0.25, 0.3) is 11.2 Å². The summed E-state index contributed by atoms with van der Waals surface area (Å²) in [5.41, 5.74) is -1.61. The van der Waals surface area contributed by atoms with Crippen LogP contribution in [0.3, 0.4) is 0 Å². The fraction of sp³-hybridized carbons (Fsp3) is 0.464. The quantitative estimate of drug-likeness (QED) is 0.298. The van der Waals surface area contributed by atoms with Crippen molar-refractivity contribution >= 4 is 5.52 Å². The second kappa shape index (κ2) is 10.4. The predicted octanol–water partition coefficient (Wildman–Crippen LogP) is 3.83. The summed E-state index contributed by atoms with van der Waals surface area (Å²) in [4.78, 5) is 15.7. The first-order chi connectivity index (χ1) is 19.6. The van der Waals surface area contributed by atoms with Crippen molar-refractivity contribution in [2.45, 2.75) is 43.2 Å². The van der Waals surface area contributed by atoms with Crippen LogP contribution >= 0.6 is 0 Å². The molecule has 0 aliphatic carbocycles. The van der Waals surface area contributed by atoms with Gasteiger partial charge in [-0.1, -0.05) is 12.1 Å². The Hall–Kier alpha value is -3.55. The minimum atomic E-state index is -4.68. The van der Waals surface area contributed by atoms with Crippen LogP contribution in [0.2, 0.25) is 0 Å². The molecule has 41 heavy (non-hydrogen) atoms. The summed E-state index contributed by atoms with van der Waals surface area (Å²) >= 11 is 0. The van der Waals surface area contributed by atoms with Gasteiger partial charge in [0.1, 0.15) is 6.33 Å². The van der Waals surface area contributed by atoms with Gasteiger partial charge in [-0.3, -0.25) is 13.9 Å². The van der Waals surface area contributed by atoms with Crippen molar-refractivity contribution in [3.05, 3.63) is 82.1 Å². The van der Waals surface area contributed by atoms with Gasteiger partial charge in [-0.2, -0.15) is 13.2 Å². The summed E-state index contributed by atoms with van der Waals surface area (Å²) in [5, 5.41) is 7.68. The molecule has 218 valence electrons. The van der Waals surface area contributed by atoms with E-state index in [1.807, 2.05) is 0 Å². The van der Waals surface area contributed by atoms with Gasteiger partial charge < -0.3 is 14.0 Å². The number of alkyl halides is 4. The molecule has 5 heterocycles. The highest BCUT2D eigenvalue weighted by atomic mass is 19.4. The topological polar surface area (TPSA) is 78.8 Å². The van der Waals surface area contributed by atoms with Crippen molar-refractivity contribution in [2.75, 3.05) is 33.5 Å². The molecule has 2 fully saturated rings. The summed E-state index contributed by atoms with van der Waals surface area (Å²) in [7, 11) is 3.25. The number of methoxy groups -OCH3 is 1. The zero-order chi connectivity index (χ0) is 28.9. The third-order valence-corrected chi connectivity index (χ3v) is 8.25. The van der Waals surface area contributed by atoms with Gasteiger partial charge in [-0.15, -0.1) is 10.2 Å². The molecule has 9 nitrogen and oxygen atoms in total. The van der Waals surface area contributed by atoms with Crippen molar-refractivity contribution in [3.63, 3.8) is 0 Å². The van der Waals surface area contributed by atoms with E-state index in [0.29, 0.717) is 23.4 Å².